The van der Waals surface area contributed by atoms with Crippen molar-refractivity contribution in [3.05, 3.63) is 0 Å². The molecule has 0 aromatic carbocycles. The molecule has 1 aliphatic heterocycles. The summed E-state index contributed by atoms with van der Waals surface area (Å²) in [7, 11) is 0. The monoisotopic (exact) mass is 284 g/mol. The van der Waals surface area contributed by atoms with Crippen LogP contribution in [-0.2, 0) is 9.53 Å². The highest BCUT2D eigenvalue weighted by molar-refractivity contribution is 5.80. The predicted molar refractivity (Wildman–Crippen MR) is 82.7 cm³/mol. The number of ether oxygens (including phenoxy) is 1. The van der Waals surface area contributed by atoms with Gasteiger partial charge in [-0.15, -0.1) is 0 Å². The molecule has 0 aliphatic carbocycles. The van der Waals surface area contributed by atoms with Crippen molar-refractivity contribution in [2.75, 3.05) is 19.7 Å². The Morgan fingerprint density at radius 2 is 2.10 bits per heavy atom. The molecule has 0 radical (unpaired) electrons. The lowest BCUT2D eigenvalue weighted by molar-refractivity contribution is -0.151. The van der Waals surface area contributed by atoms with Gasteiger partial charge in [-0.25, -0.2) is 0 Å². The average molecular weight is 284 g/mol. The first-order valence-electron chi connectivity index (χ1n) is 8.02. The molecule has 1 rings (SSSR count). The minimum absolute atomic E-state index is 0.131. The van der Waals surface area contributed by atoms with E-state index in [9.17, 15) is 4.79 Å². The maximum Gasteiger partial charge on any atom is 0.326 e. The van der Waals surface area contributed by atoms with Crippen LogP contribution in [0.2, 0.25) is 0 Å². The van der Waals surface area contributed by atoms with Crippen molar-refractivity contribution in [2.24, 2.45) is 5.92 Å². The third kappa shape index (κ3) is 4.19. The molecule has 4 atom stereocenters. The van der Waals surface area contributed by atoms with E-state index in [-0.39, 0.29) is 5.97 Å². The highest BCUT2D eigenvalue weighted by Gasteiger charge is 2.39. The van der Waals surface area contributed by atoms with Gasteiger partial charge in [-0.2, -0.15) is 0 Å². The van der Waals surface area contributed by atoms with E-state index in [4.69, 9.17) is 4.74 Å². The molecule has 1 heterocycles. The van der Waals surface area contributed by atoms with Crippen molar-refractivity contribution in [3.8, 4) is 0 Å². The minimum Gasteiger partial charge on any atom is -0.465 e. The molecule has 1 fully saturated rings. The molecule has 0 saturated carbocycles. The van der Waals surface area contributed by atoms with Crippen LogP contribution in [0.4, 0.5) is 0 Å². The quantitative estimate of drug-likeness (QED) is 0.729. The van der Waals surface area contributed by atoms with Crippen LogP contribution in [0.15, 0.2) is 0 Å². The fourth-order valence-electron chi connectivity index (χ4n) is 3.56. The first kappa shape index (κ1) is 17.4. The molecular weight excluding hydrogens is 252 g/mol. The van der Waals surface area contributed by atoms with E-state index >= 15 is 0 Å². The van der Waals surface area contributed by atoms with Crippen molar-refractivity contribution in [1.29, 1.82) is 0 Å². The Labute approximate surface area is 124 Å². The lowest BCUT2D eigenvalue weighted by Crippen LogP contribution is -2.54. The van der Waals surface area contributed by atoms with Crippen LogP contribution >= 0.6 is 0 Å². The normalized spacial score (nSPS) is 28.1. The Bertz CT molecular complexity index is 322. The molecule has 4 nitrogen and oxygen atoms in total. The zero-order chi connectivity index (χ0) is 15.3. The molecule has 0 bridgehead atoms. The predicted octanol–water partition coefficient (Wildman–Crippen LogP) is 2.43. The molecule has 0 spiro atoms. The van der Waals surface area contributed by atoms with Crippen LogP contribution in [0.25, 0.3) is 0 Å². The largest absolute Gasteiger partial charge is 0.465 e. The number of hydrogen-bond donors (Lipinski definition) is 1. The van der Waals surface area contributed by atoms with Crippen molar-refractivity contribution < 1.29 is 9.53 Å². The molecule has 4 unspecified atom stereocenters. The van der Waals surface area contributed by atoms with Gasteiger partial charge in [-0.3, -0.25) is 9.69 Å². The van der Waals surface area contributed by atoms with E-state index in [0.717, 1.165) is 25.4 Å². The van der Waals surface area contributed by atoms with Gasteiger partial charge in [-0.05, 0) is 53.0 Å². The Kier molecular flexibility index (Phi) is 6.46. The summed E-state index contributed by atoms with van der Waals surface area (Å²) in [4.78, 5) is 14.8. The minimum atomic E-state index is -0.588. The molecule has 0 amide bonds. The zero-order valence-electron chi connectivity index (χ0n) is 14.0. The summed E-state index contributed by atoms with van der Waals surface area (Å²) < 4.78 is 5.25. The number of rotatable bonds is 7. The van der Waals surface area contributed by atoms with Crippen molar-refractivity contribution in [2.45, 2.75) is 72.0 Å². The maximum atomic E-state index is 12.2. The molecular formula is C16H32N2O2. The summed E-state index contributed by atoms with van der Waals surface area (Å²) in [5, 5.41) is 3.32. The number of nitrogens with one attached hydrogen (secondary N) is 1. The van der Waals surface area contributed by atoms with E-state index in [0.29, 0.717) is 18.7 Å². The van der Waals surface area contributed by atoms with Gasteiger partial charge < -0.3 is 10.1 Å². The van der Waals surface area contributed by atoms with E-state index < -0.39 is 5.54 Å². The standard InChI is InChI=1S/C16H32N2O2/c1-7-17-16(6,15(19)20-8-2)10-14(5)18-11-12(3)9-13(18)4/h12-14,17H,7-11H2,1-6H3. The van der Waals surface area contributed by atoms with Gasteiger partial charge in [0.15, 0.2) is 0 Å². The second-order valence-corrected chi connectivity index (χ2v) is 6.52. The Morgan fingerprint density at radius 1 is 1.45 bits per heavy atom. The fourth-order valence-corrected chi connectivity index (χ4v) is 3.56. The number of hydrogen-bond acceptors (Lipinski definition) is 4. The number of likely N-dealkylation sites (N-methyl/N-ethyl adjacent to an activating group) is 1. The summed E-state index contributed by atoms with van der Waals surface area (Å²) in [6.45, 7) is 15.0. The smallest absolute Gasteiger partial charge is 0.326 e. The van der Waals surface area contributed by atoms with Crippen LogP contribution in [0.5, 0.6) is 0 Å². The molecule has 1 saturated heterocycles. The van der Waals surface area contributed by atoms with Crippen LogP contribution < -0.4 is 5.32 Å². The Balaban J connectivity index is 2.71. The van der Waals surface area contributed by atoms with Gasteiger partial charge in [0.05, 0.1) is 6.61 Å². The van der Waals surface area contributed by atoms with Crippen molar-refractivity contribution >= 4 is 5.97 Å². The number of carbonyl (C=O) groups is 1. The maximum absolute atomic E-state index is 12.2. The van der Waals surface area contributed by atoms with Gasteiger partial charge in [0.2, 0.25) is 0 Å². The van der Waals surface area contributed by atoms with E-state index in [2.05, 4.69) is 31.0 Å². The number of esters is 1. The summed E-state index contributed by atoms with van der Waals surface area (Å²) in [6, 6.07) is 0.983. The first-order valence-corrected chi connectivity index (χ1v) is 8.02. The van der Waals surface area contributed by atoms with Crippen LogP contribution in [0.1, 0.15) is 54.4 Å². The third-order valence-corrected chi connectivity index (χ3v) is 4.39. The molecule has 4 heteroatoms. The lowest BCUT2D eigenvalue weighted by Gasteiger charge is -2.36. The highest BCUT2D eigenvalue weighted by Crippen LogP contribution is 2.28. The third-order valence-electron chi connectivity index (χ3n) is 4.39. The molecule has 20 heavy (non-hydrogen) atoms. The number of carbonyl (C=O) groups excluding carboxylic acids is 1. The van der Waals surface area contributed by atoms with Crippen LogP contribution in [-0.4, -0.2) is 48.2 Å². The summed E-state index contributed by atoms with van der Waals surface area (Å²) in [5.41, 5.74) is -0.588. The average Bonchev–Trinajstić information content (AvgIpc) is 2.69. The van der Waals surface area contributed by atoms with Crippen molar-refractivity contribution in [3.63, 3.8) is 0 Å². The van der Waals surface area contributed by atoms with Crippen molar-refractivity contribution in [1.82, 2.24) is 10.2 Å². The Hall–Kier alpha value is -0.610. The van der Waals surface area contributed by atoms with E-state index in [1.165, 1.54) is 6.42 Å². The SMILES string of the molecule is CCNC(C)(CC(C)N1CC(C)CC1C)C(=O)OCC. The lowest BCUT2D eigenvalue weighted by atomic mass is 9.92. The highest BCUT2D eigenvalue weighted by atomic mass is 16.5. The summed E-state index contributed by atoms with van der Waals surface area (Å²) >= 11 is 0. The molecule has 1 aliphatic rings. The molecule has 0 aromatic rings. The first-order chi connectivity index (χ1) is 9.34. The Morgan fingerprint density at radius 3 is 2.55 bits per heavy atom. The second-order valence-electron chi connectivity index (χ2n) is 6.52. The van der Waals surface area contributed by atoms with Gasteiger partial charge in [0.1, 0.15) is 5.54 Å². The van der Waals surface area contributed by atoms with Gasteiger partial charge in [0.25, 0.3) is 0 Å². The summed E-state index contributed by atoms with van der Waals surface area (Å²) in [5.74, 6) is 0.619. The van der Waals surface area contributed by atoms with Crippen LogP contribution in [0.3, 0.4) is 0 Å². The molecule has 0 aromatic heterocycles. The topological polar surface area (TPSA) is 41.6 Å². The summed E-state index contributed by atoms with van der Waals surface area (Å²) in [6.07, 6.45) is 2.04. The number of likely N-dealkylation sites (tertiary alicyclic amines) is 1. The fraction of sp³-hybridized carbons (Fsp3) is 0.938. The van der Waals surface area contributed by atoms with Crippen LogP contribution in [0, 0.1) is 5.92 Å². The van der Waals surface area contributed by atoms with E-state index in [1.807, 2.05) is 20.8 Å². The molecule has 118 valence electrons. The van der Waals surface area contributed by atoms with Gasteiger partial charge in [0, 0.05) is 18.6 Å². The number of nitrogens with zero attached hydrogens (tertiary/aromatic N) is 1. The second kappa shape index (κ2) is 7.41. The van der Waals surface area contributed by atoms with E-state index in [1.54, 1.807) is 0 Å². The molecule has 1 N–H and O–H groups in total. The van der Waals surface area contributed by atoms with Gasteiger partial charge >= 0.3 is 5.97 Å². The zero-order valence-corrected chi connectivity index (χ0v) is 14.0. The van der Waals surface area contributed by atoms with Gasteiger partial charge in [-0.1, -0.05) is 13.8 Å².